The molecule has 1 rings (SSSR count). The number of hydrogen-bond donors (Lipinski definition) is 1. The van der Waals surface area contributed by atoms with E-state index < -0.39 is 6.10 Å². The van der Waals surface area contributed by atoms with Crippen LogP contribution in [0.25, 0.3) is 0 Å². The van der Waals surface area contributed by atoms with Gasteiger partial charge in [0.1, 0.15) is 12.7 Å². The van der Waals surface area contributed by atoms with Crippen molar-refractivity contribution in [1.82, 2.24) is 4.98 Å². The molecule has 1 aromatic heterocycles. The van der Waals surface area contributed by atoms with Crippen molar-refractivity contribution in [2.24, 2.45) is 0 Å². The lowest BCUT2D eigenvalue weighted by atomic mass is 10.3. The minimum atomic E-state index is -0.620. The number of aliphatic hydroxyl groups excluding tert-OH is 1. The van der Waals surface area contributed by atoms with Crippen LogP contribution in [0.15, 0.2) is 18.3 Å². The van der Waals surface area contributed by atoms with E-state index in [-0.39, 0.29) is 19.3 Å². The molecule has 4 heteroatoms. The Bertz CT molecular complexity index is 298. The Morgan fingerprint density at radius 2 is 2.06 bits per heavy atom. The van der Waals surface area contributed by atoms with Crippen molar-refractivity contribution in [3.8, 4) is 5.88 Å². The number of aromatic nitrogens is 1. The lowest BCUT2D eigenvalue weighted by Gasteiger charge is -2.13. The van der Waals surface area contributed by atoms with Gasteiger partial charge in [0.15, 0.2) is 0 Å². The van der Waals surface area contributed by atoms with E-state index in [2.05, 4.69) is 4.98 Å². The van der Waals surface area contributed by atoms with Crippen LogP contribution in [-0.4, -0.2) is 35.5 Å². The normalized spacial score (nSPS) is 12.8. The molecule has 1 heterocycles. The summed E-state index contributed by atoms with van der Waals surface area (Å²) in [4.78, 5) is 4.07. The molecule has 0 aliphatic rings. The molecule has 0 aliphatic heterocycles. The Morgan fingerprint density at radius 1 is 1.31 bits per heavy atom. The van der Waals surface area contributed by atoms with Crippen LogP contribution >= 0.6 is 0 Å². The summed E-state index contributed by atoms with van der Waals surface area (Å²) in [5.41, 5.74) is 1.08. The Morgan fingerprint density at radius 3 is 2.62 bits per heavy atom. The lowest BCUT2D eigenvalue weighted by molar-refractivity contribution is -0.0129. The molecular weight excluding hydrogens is 206 g/mol. The monoisotopic (exact) mass is 225 g/mol. The fourth-order valence-electron chi connectivity index (χ4n) is 1.07. The molecule has 1 aromatic rings. The molecule has 0 amide bonds. The first kappa shape index (κ1) is 12.9. The van der Waals surface area contributed by atoms with Crippen molar-refractivity contribution in [3.63, 3.8) is 0 Å². The fourth-order valence-corrected chi connectivity index (χ4v) is 1.07. The van der Waals surface area contributed by atoms with Crippen molar-refractivity contribution in [3.05, 3.63) is 23.9 Å². The predicted molar refractivity (Wildman–Crippen MR) is 61.6 cm³/mol. The quantitative estimate of drug-likeness (QED) is 0.798. The van der Waals surface area contributed by atoms with Crippen LogP contribution in [-0.2, 0) is 4.74 Å². The maximum atomic E-state index is 9.54. The second kappa shape index (κ2) is 6.45. The zero-order valence-electron chi connectivity index (χ0n) is 10.0. The highest BCUT2D eigenvalue weighted by atomic mass is 16.5. The summed E-state index contributed by atoms with van der Waals surface area (Å²) in [5.74, 6) is 0.522. The minimum absolute atomic E-state index is 0.118. The van der Waals surface area contributed by atoms with Gasteiger partial charge in [-0.1, -0.05) is 6.07 Å². The van der Waals surface area contributed by atoms with Crippen LogP contribution < -0.4 is 4.74 Å². The second-order valence-corrected chi connectivity index (χ2v) is 4.02. The number of hydrogen-bond acceptors (Lipinski definition) is 4. The summed E-state index contributed by atoms with van der Waals surface area (Å²) in [5, 5.41) is 9.54. The number of aryl methyl sites for hydroxylation is 1. The van der Waals surface area contributed by atoms with Gasteiger partial charge >= 0.3 is 0 Å². The second-order valence-electron chi connectivity index (χ2n) is 4.02. The van der Waals surface area contributed by atoms with Gasteiger partial charge in [0.25, 0.3) is 0 Å². The molecule has 0 spiro atoms. The summed E-state index contributed by atoms with van der Waals surface area (Å²) >= 11 is 0. The predicted octanol–water partition coefficient (Wildman–Crippen LogP) is 1.55. The largest absolute Gasteiger partial charge is 0.475 e. The topological polar surface area (TPSA) is 51.6 Å². The van der Waals surface area contributed by atoms with E-state index in [0.717, 1.165) is 5.56 Å². The maximum Gasteiger partial charge on any atom is 0.213 e. The highest BCUT2D eigenvalue weighted by Gasteiger charge is 2.07. The van der Waals surface area contributed by atoms with Crippen molar-refractivity contribution >= 4 is 0 Å². The smallest absolute Gasteiger partial charge is 0.213 e. The zero-order valence-corrected chi connectivity index (χ0v) is 10.0. The van der Waals surface area contributed by atoms with E-state index in [4.69, 9.17) is 9.47 Å². The van der Waals surface area contributed by atoms with Gasteiger partial charge in [0.05, 0.1) is 12.7 Å². The van der Waals surface area contributed by atoms with E-state index in [0.29, 0.717) is 5.88 Å². The number of aliphatic hydroxyl groups is 1. The number of nitrogens with zero attached hydrogens (tertiary/aromatic N) is 1. The van der Waals surface area contributed by atoms with Gasteiger partial charge in [-0.3, -0.25) is 0 Å². The SMILES string of the molecule is Cc1ccc(OCC(O)COC(C)C)nc1. The first-order valence-corrected chi connectivity index (χ1v) is 5.43. The van der Waals surface area contributed by atoms with E-state index in [1.165, 1.54) is 0 Å². The molecule has 0 aromatic carbocycles. The summed E-state index contributed by atoms with van der Waals surface area (Å²) in [7, 11) is 0. The van der Waals surface area contributed by atoms with Gasteiger partial charge in [0, 0.05) is 12.3 Å². The summed E-state index contributed by atoms with van der Waals surface area (Å²) in [6.45, 7) is 6.29. The molecule has 0 bridgehead atoms. The Balaban J connectivity index is 2.26. The highest BCUT2D eigenvalue weighted by molar-refractivity contribution is 5.16. The fraction of sp³-hybridized carbons (Fsp3) is 0.583. The molecule has 0 fully saturated rings. The van der Waals surface area contributed by atoms with Crippen molar-refractivity contribution in [2.75, 3.05) is 13.2 Å². The molecule has 4 nitrogen and oxygen atoms in total. The molecule has 0 saturated heterocycles. The van der Waals surface area contributed by atoms with Crippen LogP contribution in [0.4, 0.5) is 0 Å². The van der Waals surface area contributed by atoms with Gasteiger partial charge in [-0.05, 0) is 26.3 Å². The van der Waals surface area contributed by atoms with E-state index in [9.17, 15) is 5.11 Å². The molecule has 1 unspecified atom stereocenters. The molecule has 0 radical (unpaired) electrons. The number of ether oxygens (including phenoxy) is 2. The van der Waals surface area contributed by atoms with Gasteiger partial charge in [0.2, 0.25) is 5.88 Å². The van der Waals surface area contributed by atoms with Crippen LogP contribution in [0.1, 0.15) is 19.4 Å². The third kappa shape index (κ3) is 5.09. The van der Waals surface area contributed by atoms with E-state index in [1.54, 1.807) is 12.3 Å². The Kier molecular flexibility index (Phi) is 5.22. The first-order chi connectivity index (χ1) is 7.58. The average Bonchev–Trinajstić information content (AvgIpc) is 2.25. The molecular formula is C12H19NO3. The Labute approximate surface area is 96.2 Å². The van der Waals surface area contributed by atoms with Crippen molar-refractivity contribution < 1.29 is 14.6 Å². The van der Waals surface area contributed by atoms with Crippen molar-refractivity contribution in [2.45, 2.75) is 33.0 Å². The molecule has 1 atom stereocenters. The standard InChI is InChI=1S/C12H19NO3/c1-9(2)15-7-11(14)8-16-12-5-4-10(3)6-13-12/h4-6,9,11,14H,7-8H2,1-3H3. The van der Waals surface area contributed by atoms with Crippen LogP contribution in [0.3, 0.4) is 0 Å². The summed E-state index contributed by atoms with van der Waals surface area (Å²) < 4.78 is 10.6. The summed E-state index contributed by atoms with van der Waals surface area (Å²) in [6.07, 6.45) is 1.23. The Hall–Kier alpha value is -1.13. The van der Waals surface area contributed by atoms with Crippen molar-refractivity contribution in [1.29, 1.82) is 0 Å². The molecule has 1 N–H and O–H groups in total. The van der Waals surface area contributed by atoms with Gasteiger partial charge in [-0.2, -0.15) is 0 Å². The third-order valence-electron chi connectivity index (χ3n) is 1.93. The molecule has 0 aliphatic carbocycles. The van der Waals surface area contributed by atoms with Gasteiger partial charge in [-0.25, -0.2) is 4.98 Å². The lowest BCUT2D eigenvalue weighted by Crippen LogP contribution is -2.25. The summed E-state index contributed by atoms with van der Waals surface area (Å²) in [6, 6.07) is 3.70. The molecule has 16 heavy (non-hydrogen) atoms. The number of pyridine rings is 1. The highest BCUT2D eigenvalue weighted by Crippen LogP contribution is 2.07. The number of rotatable bonds is 6. The van der Waals surface area contributed by atoms with E-state index >= 15 is 0 Å². The third-order valence-corrected chi connectivity index (χ3v) is 1.93. The van der Waals surface area contributed by atoms with Crippen LogP contribution in [0.2, 0.25) is 0 Å². The molecule has 90 valence electrons. The van der Waals surface area contributed by atoms with Crippen LogP contribution in [0, 0.1) is 6.92 Å². The van der Waals surface area contributed by atoms with Crippen LogP contribution in [0.5, 0.6) is 5.88 Å². The average molecular weight is 225 g/mol. The zero-order chi connectivity index (χ0) is 12.0. The maximum absolute atomic E-state index is 9.54. The minimum Gasteiger partial charge on any atom is -0.475 e. The first-order valence-electron chi connectivity index (χ1n) is 5.43. The van der Waals surface area contributed by atoms with E-state index in [1.807, 2.05) is 26.8 Å². The van der Waals surface area contributed by atoms with Gasteiger partial charge < -0.3 is 14.6 Å². The van der Waals surface area contributed by atoms with Gasteiger partial charge in [-0.15, -0.1) is 0 Å². The molecule has 0 saturated carbocycles.